The van der Waals surface area contributed by atoms with Gasteiger partial charge in [-0.2, -0.15) is 8.42 Å². The molecule has 0 bridgehead atoms. The Hall–Kier alpha value is -0.920. The van der Waals surface area contributed by atoms with E-state index >= 15 is 0 Å². The maximum Gasteiger partial charge on any atom is 0.394 e. The van der Waals surface area contributed by atoms with Crippen LogP contribution in [-0.2, 0) is 15.2 Å². The first-order valence-corrected chi connectivity index (χ1v) is 10.7. The zero-order valence-corrected chi connectivity index (χ0v) is 16.3. The van der Waals surface area contributed by atoms with E-state index in [-0.39, 0.29) is 0 Å². The fourth-order valence-corrected chi connectivity index (χ4v) is 2.35. The van der Waals surface area contributed by atoms with E-state index < -0.39 is 16.4 Å². The van der Waals surface area contributed by atoms with Gasteiger partial charge in [-0.15, -0.1) is 0 Å². The van der Waals surface area contributed by atoms with Crippen LogP contribution in [0.3, 0.4) is 0 Å². The predicted octanol–water partition coefficient (Wildman–Crippen LogP) is 5.46. The van der Waals surface area contributed by atoms with Gasteiger partial charge in [0.05, 0.1) is 0 Å². The van der Waals surface area contributed by atoms with Crippen molar-refractivity contribution in [1.82, 2.24) is 0 Å². The van der Waals surface area contributed by atoms with Crippen LogP contribution in [0.1, 0.15) is 96.8 Å². The second-order valence-corrected chi connectivity index (χ2v) is 7.07. The van der Waals surface area contributed by atoms with E-state index in [1.807, 2.05) is 0 Å². The molecule has 0 rings (SSSR count). The normalized spacial score (nSPS) is 11.3. The SMILES string of the molecule is CCCCCCCC/C=C\CCCCCCCC(=O)O.O=S(=O)(O)O. The number of aliphatic carboxylic acids is 1. The molecule has 0 atom stereocenters. The van der Waals surface area contributed by atoms with Crippen LogP contribution in [0.15, 0.2) is 12.2 Å². The lowest BCUT2D eigenvalue weighted by molar-refractivity contribution is -0.137. The van der Waals surface area contributed by atoms with Crippen molar-refractivity contribution in [3.05, 3.63) is 12.2 Å². The average Bonchev–Trinajstić information content (AvgIpc) is 2.49. The molecule has 0 saturated heterocycles. The maximum absolute atomic E-state index is 10.3. The van der Waals surface area contributed by atoms with Crippen molar-refractivity contribution in [2.75, 3.05) is 0 Å². The van der Waals surface area contributed by atoms with E-state index in [0.717, 1.165) is 12.8 Å². The zero-order chi connectivity index (χ0) is 19.4. The molecule has 0 saturated carbocycles. The van der Waals surface area contributed by atoms with Gasteiger partial charge >= 0.3 is 16.4 Å². The van der Waals surface area contributed by atoms with Crippen molar-refractivity contribution in [1.29, 1.82) is 0 Å². The molecular formula is C18H36O6S. The van der Waals surface area contributed by atoms with Crippen molar-refractivity contribution >= 4 is 16.4 Å². The standard InChI is InChI=1S/C18H34O2.H2O4S/c1-2-3-4-5-6-7-8-9-10-11-12-13-14-15-16-17-18(19)20;1-5(2,3)4/h9-10H,2-8,11-17H2,1H3,(H,19,20);(H2,1,2,3,4)/b10-9-;. The van der Waals surface area contributed by atoms with Crippen LogP contribution < -0.4 is 0 Å². The Kier molecular flexibility index (Phi) is 20.4. The molecule has 0 radical (unpaired) electrons. The molecule has 0 spiro atoms. The highest BCUT2D eigenvalue weighted by molar-refractivity contribution is 7.79. The first-order valence-electron chi connectivity index (χ1n) is 9.34. The molecule has 0 aliphatic carbocycles. The van der Waals surface area contributed by atoms with E-state index in [0.29, 0.717) is 6.42 Å². The van der Waals surface area contributed by atoms with Gasteiger partial charge in [-0.3, -0.25) is 13.9 Å². The fraction of sp³-hybridized carbons (Fsp3) is 0.833. The molecule has 0 aromatic heterocycles. The van der Waals surface area contributed by atoms with Gasteiger partial charge in [-0.25, -0.2) is 0 Å². The summed E-state index contributed by atoms with van der Waals surface area (Å²) in [6, 6.07) is 0. The highest BCUT2D eigenvalue weighted by Gasteiger charge is 1.95. The summed E-state index contributed by atoms with van der Waals surface area (Å²) in [7, 11) is -4.67. The quantitative estimate of drug-likeness (QED) is 0.198. The third-order valence-corrected chi connectivity index (χ3v) is 3.65. The number of allylic oxidation sites excluding steroid dienone is 2. The lowest BCUT2D eigenvalue weighted by atomic mass is 10.1. The molecular weight excluding hydrogens is 344 g/mol. The van der Waals surface area contributed by atoms with Crippen LogP contribution in [0.2, 0.25) is 0 Å². The molecule has 150 valence electrons. The summed E-state index contributed by atoms with van der Waals surface area (Å²) in [6.07, 6.45) is 21.2. The second kappa shape index (κ2) is 19.4. The second-order valence-electron chi connectivity index (χ2n) is 6.18. The Labute approximate surface area is 153 Å². The Morgan fingerprint density at radius 3 is 1.52 bits per heavy atom. The van der Waals surface area contributed by atoms with Crippen LogP contribution in [-0.4, -0.2) is 28.6 Å². The van der Waals surface area contributed by atoms with Crippen molar-refractivity contribution in [3.63, 3.8) is 0 Å². The van der Waals surface area contributed by atoms with Gasteiger partial charge in [0.25, 0.3) is 0 Å². The van der Waals surface area contributed by atoms with E-state index in [2.05, 4.69) is 19.1 Å². The number of hydrogen-bond acceptors (Lipinski definition) is 3. The van der Waals surface area contributed by atoms with Gasteiger partial charge in [0.2, 0.25) is 0 Å². The first kappa shape index (κ1) is 26.3. The van der Waals surface area contributed by atoms with E-state index in [9.17, 15) is 4.79 Å². The number of carboxylic acids is 1. The first-order chi connectivity index (χ1) is 11.8. The van der Waals surface area contributed by atoms with Gasteiger partial charge in [-0.1, -0.05) is 70.4 Å². The smallest absolute Gasteiger partial charge is 0.394 e. The molecule has 0 aromatic rings. The third-order valence-electron chi connectivity index (χ3n) is 3.65. The molecule has 6 nitrogen and oxygen atoms in total. The summed E-state index contributed by atoms with van der Waals surface area (Å²) in [5.41, 5.74) is 0. The van der Waals surface area contributed by atoms with Crippen molar-refractivity contribution in [2.24, 2.45) is 0 Å². The summed E-state index contributed by atoms with van der Waals surface area (Å²) in [4.78, 5) is 10.3. The van der Waals surface area contributed by atoms with Crippen molar-refractivity contribution in [2.45, 2.75) is 96.8 Å². The molecule has 0 aliphatic heterocycles. The van der Waals surface area contributed by atoms with Gasteiger partial charge in [0, 0.05) is 6.42 Å². The van der Waals surface area contributed by atoms with Crippen molar-refractivity contribution < 1.29 is 27.4 Å². The minimum atomic E-state index is -4.67. The number of carboxylic acid groups (broad SMARTS) is 1. The topological polar surface area (TPSA) is 112 Å². The third kappa shape index (κ3) is 39.7. The summed E-state index contributed by atoms with van der Waals surface area (Å²) >= 11 is 0. The molecule has 0 fully saturated rings. The molecule has 0 unspecified atom stereocenters. The lowest BCUT2D eigenvalue weighted by Crippen LogP contribution is -1.93. The van der Waals surface area contributed by atoms with Gasteiger partial charge in [0.1, 0.15) is 0 Å². The molecule has 0 heterocycles. The Balaban J connectivity index is 0. The monoisotopic (exact) mass is 380 g/mol. The Morgan fingerprint density at radius 2 is 1.12 bits per heavy atom. The maximum atomic E-state index is 10.3. The minimum Gasteiger partial charge on any atom is -0.481 e. The van der Waals surface area contributed by atoms with Crippen LogP contribution in [0.5, 0.6) is 0 Å². The molecule has 7 heteroatoms. The largest absolute Gasteiger partial charge is 0.481 e. The number of carbonyl (C=O) groups is 1. The summed E-state index contributed by atoms with van der Waals surface area (Å²) in [5.74, 6) is -0.664. The van der Waals surface area contributed by atoms with Crippen LogP contribution in [0, 0.1) is 0 Å². The molecule has 0 aromatic carbocycles. The predicted molar refractivity (Wildman–Crippen MR) is 101 cm³/mol. The number of unbranched alkanes of at least 4 members (excludes halogenated alkanes) is 11. The average molecular weight is 381 g/mol. The Morgan fingerprint density at radius 1 is 0.760 bits per heavy atom. The summed E-state index contributed by atoms with van der Waals surface area (Å²) in [6.45, 7) is 2.26. The summed E-state index contributed by atoms with van der Waals surface area (Å²) in [5, 5.41) is 8.51. The molecule has 0 amide bonds. The highest BCUT2D eigenvalue weighted by Crippen LogP contribution is 2.09. The fourth-order valence-electron chi connectivity index (χ4n) is 2.35. The Bertz CT molecular complexity index is 409. The van der Waals surface area contributed by atoms with Gasteiger partial charge in [-0.05, 0) is 32.1 Å². The number of rotatable bonds is 15. The van der Waals surface area contributed by atoms with Gasteiger partial charge < -0.3 is 5.11 Å². The molecule has 3 N–H and O–H groups in total. The lowest BCUT2D eigenvalue weighted by Gasteiger charge is -1.99. The van der Waals surface area contributed by atoms with Crippen LogP contribution >= 0.6 is 0 Å². The van der Waals surface area contributed by atoms with Gasteiger partial charge in [0.15, 0.2) is 0 Å². The van der Waals surface area contributed by atoms with E-state index in [1.54, 1.807) is 0 Å². The van der Waals surface area contributed by atoms with Crippen LogP contribution in [0.25, 0.3) is 0 Å². The summed E-state index contributed by atoms with van der Waals surface area (Å²) < 4.78 is 31.6. The zero-order valence-electron chi connectivity index (χ0n) is 15.5. The highest BCUT2D eigenvalue weighted by atomic mass is 32.3. The van der Waals surface area contributed by atoms with E-state index in [1.165, 1.54) is 70.6 Å². The number of hydrogen-bond donors (Lipinski definition) is 3. The van der Waals surface area contributed by atoms with Crippen molar-refractivity contribution in [3.8, 4) is 0 Å². The minimum absolute atomic E-state index is 0.332. The van der Waals surface area contributed by atoms with Crippen LogP contribution in [0.4, 0.5) is 0 Å². The van der Waals surface area contributed by atoms with E-state index in [4.69, 9.17) is 22.6 Å². The molecule has 0 aliphatic rings. The molecule has 25 heavy (non-hydrogen) atoms.